The van der Waals surface area contributed by atoms with Gasteiger partial charge in [-0.25, -0.2) is 8.42 Å². The Bertz CT molecular complexity index is 1050. The van der Waals surface area contributed by atoms with Gasteiger partial charge in [-0.15, -0.1) is 0 Å². The first kappa shape index (κ1) is 19.4. The minimum absolute atomic E-state index is 0.0837. The molecule has 0 radical (unpaired) electrons. The molecule has 0 fully saturated rings. The van der Waals surface area contributed by atoms with Gasteiger partial charge in [0, 0.05) is 36.7 Å². The molecule has 144 valence electrons. The minimum Gasteiger partial charge on any atom is -0.378 e. The summed E-state index contributed by atoms with van der Waals surface area (Å²) in [5, 5.41) is 2.76. The SMILES string of the molecule is CN(C)c1ccc(NS(=O)(=O)c2ccc(C(=O)Nc3ccccc3)cc2)cc1. The first-order valence-electron chi connectivity index (χ1n) is 8.62. The molecule has 0 aliphatic rings. The van der Waals surface area contributed by atoms with E-state index in [-0.39, 0.29) is 10.8 Å². The number of amides is 1. The highest BCUT2D eigenvalue weighted by molar-refractivity contribution is 7.92. The standard InChI is InChI=1S/C21H21N3O3S/c1-24(2)19-12-10-18(11-13-19)23-28(26,27)20-14-8-16(9-15-20)21(25)22-17-6-4-3-5-7-17/h3-15,23H,1-2H3,(H,22,25). The molecule has 3 aromatic rings. The second kappa shape index (κ2) is 8.14. The van der Waals surface area contributed by atoms with Gasteiger partial charge in [0.25, 0.3) is 15.9 Å². The highest BCUT2D eigenvalue weighted by Gasteiger charge is 2.15. The Hall–Kier alpha value is -3.32. The van der Waals surface area contributed by atoms with Crippen molar-refractivity contribution in [3.63, 3.8) is 0 Å². The molecule has 3 aromatic carbocycles. The zero-order valence-corrected chi connectivity index (χ0v) is 16.4. The monoisotopic (exact) mass is 395 g/mol. The largest absolute Gasteiger partial charge is 0.378 e. The number of para-hydroxylation sites is 1. The van der Waals surface area contributed by atoms with Crippen LogP contribution in [0.1, 0.15) is 10.4 Å². The molecule has 0 atom stereocenters. The van der Waals surface area contributed by atoms with Crippen molar-refractivity contribution in [2.45, 2.75) is 4.90 Å². The van der Waals surface area contributed by atoms with Gasteiger partial charge < -0.3 is 10.2 Å². The minimum atomic E-state index is -3.74. The summed E-state index contributed by atoms with van der Waals surface area (Å²) in [6.07, 6.45) is 0. The van der Waals surface area contributed by atoms with Crippen LogP contribution in [0.15, 0.2) is 83.8 Å². The summed E-state index contributed by atoms with van der Waals surface area (Å²) in [7, 11) is 0.0797. The van der Waals surface area contributed by atoms with Gasteiger partial charge in [-0.05, 0) is 60.7 Å². The molecule has 6 nitrogen and oxygen atoms in total. The van der Waals surface area contributed by atoms with E-state index in [1.165, 1.54) is 24.3 Å². The van der Waals surface area contributed by atoms with E-state index in [0.29, 0.717) is 16.9 Å². The fraction of sp³-hybridized carbons (Fsp3) is 0.0952. The molecule has 28 heavy (non-hydrogen) atoms. The molecular formula is C21H21N3O3S. The van der Waals surface area contributed by atoms with Crippen molar-refractivity contribution in [3.8, 4) is 0 Å². The van der Waals surface area contributed by atoms with E-state index < -0.39 is 10.0 Å². The molecular weight excluding hydrogens is 374 g/mol. The Balaban J connectivity index is 1.71. The van der Waals surface area contributed by atoms with Gasteiger partial charge in [0.05, 0.1) is 4.90 Å². The Morgan fingerprint density at radius 3 is 1.96 bits per heavy atom. The van der Waals surface area contributed by atoms with Gasteiger partial charge in [0.2, 0.25) is 0 Å². The third-order valence-electron chi connectivity index (χ3n) is 4.09. The first-order valence-corrected chi connectivity index (χ1v) is 10.1. The normalized spacial score (nSPS) is 10.9. The number of nitrogens with zero attached hydrogens (tertiary/aromatic N) is 1. The van der Waals surface area contributed by atoms with E-state index >= 15 is 0 Å². The van der Waals surface area contributed by atoms with Gasteiger partial charge in [-0.1, -0.05) is 18.2 Å². The zero-order valence-electron chi connectivity index (χ0n) is 15.6. The summed E-state index contributed by atoms with van der Waals surface area (Å²) in [6.45, 7) is 0. The Morgan fingerprint density at radius 1 is 0.786 bits per heavy atom. The Morgan fingerprint density at radius 2 is 1.39 bits per heavy atom. The number of carbonyl (C=O) groups excluding carboxylic acids is 1. The van der Waals surface area contributed by atoms with E-state index in [1.54, 1.807) is 24.3 Å². The summed E-state index contributed by atoms with van der Waals surface area (Å²) in [5.41, 5.74) is 2.48. The maximum atomic E-state index is 12.6. The van der Waals surface area contributed by atoms with E-state index in [0.717, 1.165) is 5.69 Å². The maximum Gasteiger partial charge on any atom is 0.261 e. The molecule has 7 heteroatoms. The molecule has 0 unspecified atom stereocenters. The highest BCUT2D eigenvalue weighted by Crippen LogP contribution is 2.20. The van der Waals surface area contributed by atoms with E-state index in [9.17, 15) is 13.2 Å². The van der Waals surface area contributed by atoms with Crippen molar-refractivity contribution in [1.29, 1.82) is 0 Å². The average molecular weight is 395 g/mol. The lowest BCUT2D eigenvalue weighted by Crippen LogP contribution is -2.15. The lowest BCUT2D eigenvalue weighted by atomic mass is 10.2. The number of nitrogens with one attached hydrogen (secondary N) is 2. The number of carbonyl (C=O) groups is 1. The van der Waals surface area contributed by atoms with E-state index in [1.807, 2.05) is 49.3 Å². The van der Waals surface area contributed by atoms with Crippen molar-refractivity contribution in [2.24, 2.45) is 0 Å². The molecule has 2 N–H and O–H groups in total. The molecule has 0 bridgehead atoms. The molecule has 0 aromatic heterocycles. The van der Waals surface area contributed by atoms with Crippen LogP contribution in [0.2, 0.25) is 0 Å². The number of hydrogen-bond acceptors (Lipinski definition) is 4. The van der Waals surface area contributed by atoms with Crippen LogP contribution in [0.4, 0.5) is 17.1 Å². The third kappa shape index (κ3) is 4.69. The quantitative estimate of drug-likeness (QED) is 0.665. The van der Waals surface area contributed by atoms with Crippen LogP contribution >= 0.6 is 0 Å². The van der Waals surface area contributed by atoms with Crippen LogP contribution in [0.5, 0.6) is 0 Å². The fourth-order valence-corrected chi connectivity index (χ4v) is 3.61. The molecule has 0 saturated carbocycles. The van der Waals surface area contributed by atoms with E-state index in [4.69, 9.17) is 0 Å². The highest BCUT2D eigenvalue weighted by atomic mass is 32.2. The molecule has 0 spiro atoms. The molecule has 3 rings (SSSR count). The summed E-state index contributed by atoms with van der Waals surface area (Å²) in [6, 6.07) is 21.9. The van der Waals surface area contributed by atoms with Crippen molar-refractivity contribution < 1.29 is 13.2 Å². The number of benzene rings is 3. The van der Waals surface area contributed by atoms with Crippen molar-refractivity contribution >= 4 is 33.0 Å². The van der Waals surface area contributed by atoms with Crippen molar-refractivity contribution in [2.75, 3.05) is 29.0 Å². The summed E-state index contributed by atoms with van der Waals surface area (Å²) in [5.74, 6) is -0.303. The van der Waals surface area contributed by atoms with Crippen LogP contribution in [0.25, 0.3) is 0 Å². The Kier molecular flexibility index (Phi) is 5.65. The topological polar surface area (TPSA) is 78.5 Å². The second-order valence-electron chi connectivity index (χ2n) is 6.39. The van der Waals surface area contributed by atoms with Crippen LogP contribution in [-0.2, 0) is 10.0 Å². The summed E-state index contributed by atoms with van der Waals surface area (Å²) >= 11 is 0. The van der Waals surface area contributed by atoms with Gasteiger partial charge in [0.15, 0.2) is 0 Å². The zero-order chi connectivity index (χ0) is 20.1. The lowest BCUT2D eigenvalue weighted by Gasteiger charge is -2.13. The number of hydrogen-bond donors (Lipinski definition) is 2. The second-order valence-corrected chi connectivity index (χ2v) is 8.07. The van der Waals surface area contributed by atoms with Crippen LogP contribution in [-0.4, -0.2) is 28.4 Å². The Labute approximate surface area is 164 Å². The van der Waals surface area contributed by atoms with Crippen molar-refractivity contribution in [1.82, 2.24) is 0 Å². The number of anilines is 3. The summed E-state index contributed by atoms with van der Waals surface area (Å²) < 4.78 is 27.7. The van der Waals surface area contributed by atoms with Crippen LogP contribution in [0.3, 0.4) is 0 Å². The predicted octanol–water partition coefficient (Wildman–Crippen LogP) is 3.81. The maximum absolute atomic E-state index is 12.6. The van der Waals surface area contributed by atoms with Crippen molar-refractivity contribution in [3.05, 3.63) is 84.4 Å². The van der Waals surface area contributed by atoms with Gasteiger partial charge in [0.1, 0.15) is 0 Å². The predicted molar refractivity (Wildman–Crippen MR) is 112 cm³/mol. The molecule has 1 amide bonds. The molecule has 0 heterocycles. The summed E-state index contributed by atoms with van der Waals surface area (Å²) in [4.78, 5) is 14.3. The van der Waals surface area contributed by atoms with E-state index in [2.05, 4.69) is 10.0 Å². The molecule has 0 aliphatic carbocycles. The number of rotatable bonds is 6. The first-order chi connectivity index (χ1) is 13.3. The molecule has 0 aliphatic heterocycles. The third-order valence-corrected chi connectivity index (χ3v) is 5.49. The average Bonchev–Trinajstić information content (AvgIpc) is 2.69. The van der Waals surface area contributed by atoms with Crippen LogP contribution < -0.4 is 14.9 Å². The van der Waals surface area contributed by atoms with Gasteiger partial charge in [-0.2, -0.15) is 0 Å². The smallest absolute Gasteiger partial charge is 0.261 e. The molecule has 0 saturated heterocycles. The van der Waals surface area contributed by atoms with Gasteiger partial charge >= 0.3 is 0 Å². The van der Waals surface area contributed by atoms with Gasteiger partial charge in [-0.3, -0.25) is 9.52 Å². The lowest BCUT2D eigenvalue weighted by molar-refractivity contribution is 0.102. The fourth-order valence-electron chi connectivity index (χ4n) is 2.55. The van der Waals surface area contributed by atoms with Crippen LogP contribution in [0, 0.1) is 0 Å². The number of sulfonamides is 1.